The van der Waals surface area contributed by atoms with Gasteiger partial charge in [0.2, 0.25) is 0 Å². The Morgan fingerprint density at radius 1 is 1.39 bits per heavy atom. The zero-order valence-electron chi connectivity index (χ0n) is 13.0. The third-order valence-corrected chi connectivity index (χ3v) is 4.17. The largest absolute Gasteiger partial charge is 0.481 e. The molecule has 1 aliphatic heterocycles. The van der Waals surface area contributed by atoms with Crippen molar-refractivity contribution in [1.82, 2.24) is 15.1 Å². The van der Waals surface area contributed by atoms with E-state index in [9.17, 15) is 9.18 Å². The van der Waals surface area contributed by atoms with Crippen molar-refractivity contribution in [1.29, 1.82) is 0 Å². The molecule has 0 saturated carbocycles. The monoisotopic (exact) mass is 317 g/mol. The van der Waals surface area contributed by atoms with Crippen LogP contribution in [0.25, 0.3) is 0 Å². The van der Waals surface area contributed by atoms with Crippen molar-refractivity contribution in [3.8, 4) is 5.75 Å². The molecule has 0 spiro atoms. The van der Waals surface area contributed by atoms with Crippen molar-refractivity contribution >= 4 is 5.91 Å². The second kappa shape index (κ2) is 6.81. The van der Waals surface area contributed by atoms with Crippen molar-refractivity contribution in [3.05, 3.63) is 48.0 Å². The number of halogens is 1. The molecular formula is C17H20FN3O2. The lowest BCUT2D eigenvalue weighted by molar-refractivity contribution is -0.139. The zero-order chi connectivity index (χ0) is 16.2. The van der Waals surface area contributed by atoms with Crippen molar-refractivity contribution < 1.29 is 13.9 Å². The molecule has 6 heteroatoms. The Labute approximate surface area is 134 Å². The highest BCUT2D eigenvalue weighted by Crippen LogP contribution is 2.26. The quantitative estimate of drug-likeness (QED) is 0.943. The van der Waals surface area contributed by atoms with Gasteiger partial charge in [0.1, 0.15) is 11.6 Å². The van der Waals surface area contributed by atoms with E-state index in [1.807, 2.05) is 11.0 Å². The molecule has 1 saturated heterocycles. The third-order valence-electron chi connectivity index (χ3n) is 4.17. The van der Waals surface area contributed by atoms with Gasteiger partial charge >= 0.3 is 0 Å². The second-order valence-corrected chi connectivity index (χ2v) is 5.85. The van der Waals surface area contributed by atoms with Gasteiger partial charge in [-0.2, -0.15) is 5.10 Å². The smallest absolute Gasteiger partial charge is 0.263 e. The number of hydrogen-bond acceptors (Lipinski definition) is 3. The number of carbonyl (C=O) groups excluding carboxylic acids is 1. The van der Waals surface area contributed by atoms with E-state index in [0.717, 1.165) is 25.1 Å². The standard InChI is InChI=1S/C17H20FN3O2/c1-12(23-15-6-4-14(18)5-7-15)17(22)21-10-2-3-13(11-21)16-8-9-19-20-16/h4-9,12-13H,2-3,10-11H2,1H3,(H,19,20)/t12-,13+/m1/s1. The Morgan fingerprint density at radius 2 is 2.17 bits per heavy atom. The van der Waals surface area contributed by atoms with Gasteiger partial charge in [0.15, 0.2) is 6.10 Å². The number of aromatic amines is 1. The minimum atomic E-state index is -0.596. The minimum Gasteiger partial charge on any atom is -0.481 e. The maximum atomic E-state index is 12.9. The number of hydrogen-bond donors (Lipinski definition) is 1. The molecule has 122 valence electrons. The summed E-state index contributed by atoms with van der Waals surface area (Å²) in [5.74, 6) is 0.413. The Morgan fingerprint density at radius 3 is 2.87 bits per heavy atom. The van der Waals surface area contributed by atoms with Crippen LogP contribution in [-0.2, 0) is 4.79 Å². The lowest BCUT2D eigenvalue weighted by atomic mass is 9.94. The zero-order valence-corrected chi connectivity index (χ0v) is 13.0. The van der Waals surface area contributed by atoms with Gasteiger partial charge < -0.3 is 9.64 Å². The van der Waals surface area contributed by atoms with E-state index in [1.54, 1.807) is 13.1 Å². The van der Waals surface area contributed by atoms with Crippen LogP contribution in [0.1, 0.15) is 31.4 Å². The van der Waals surface area contributed by atoms with Crippen LogP contribution in [0.4, 0.5) is 4.39 Å². The van der Waals surface area contributed by atoms with Crippen LogP contribution in [0, 0.1) is 5.82 Å². The molecule has 1 amide bonds. The molecule has 1 N–H and O–H groups in total. The predicted octanol–water partition coefficient (Wildman–Crippen LogP) is 2.72. The highest BCUT2D eigenvalue weighted by atomic mass is 19.1. The molecule has 0 bridgehead atoms. The fraction of sp³-hybridized carbons (Fsp3) is 0.412. The third kappa shape index (κ3) is 3.70. The van der Waals surface area contributed by atoms with Gasteiger partial charge in [-0.05, 0) is 50.1 Å². The van der Waals surface area contributed by atoms with Crippen molar-refractivity contribution in [3.63, 3.8) is 0 Å². The normalized spacial score (nSPS) is 19.4. The van der Waals surface area contributed by atoms with Gasteiger partial charge in [0.05, 0.1) is 0 Å². The molecule has 1 aliphatic rings. The Hall–Kier alpha value is -2.37. The van der Waals surface area contributed by atoms with Gasteiger partial charge in [-0.15, -0.1) is 0 Å². The Balaban J connectivity index is 1.61. The number of aromatic nitrogens is 2. The molecule has 1 fully saturated rings. The number of amides is 1. The number of benzene rings is 1. The molecular weight excluding hydrogens is 297 g/mol. The number of likely N-dealkylation sites (tertiary alicyclic amines) is 1. The first kappa shape index (κ1) is 15.5. The van der Waals surface area contributed by atoms with Crippen LogP contribution in [0.15, 0.2) is 36.5 Å². The first-order valence-electron chi connectivity index (χ1n) is 7.84. The maximum Gasteiger partial charge on any atom is 0.263 e. The van der Waals surface area contributed by atoms with Gasteiger partial charge in [0.25, 0.3) is 5.91 Å². The van der Waals surface area contributed by atoms with E-state index in [2.05, 4.69) is 10.2 Å². The number of carbonyl (C=O) groups is 1. The van der Waals surface area contributed by atoms with Crippen LogP contribution in [-0.4, -0.2) is 40.2 Å². The summed E-state index contributed by atoms with van der Waals surface area (Å²) in [6.07, 6.45) is 3.13. The number of piperidine rings is 1. The van der Waals surface area contributed by atoms with E-state index in [0.29, 0.717) is 12.3 Å². The van der Waals surface area contributed by atoms with Gasteiger partial charge in [-0.3, -0.25) is 9.89 Å². The highest BCUT2D eigenvalue weighted by molar-refractivity contribution is 5.81. The van der Waals surface area contributed by atoms with Gasteiger partial charge in [0, 0.05) is 30.9 Å². The number of rotatable bonds is 4. The fourth-order valence-electron chi connectivity index (χ4n) is 2.95. The predicted molar refractivity (Wildman–Crippen MR) is 83.6 cm³/mol. The number of ether oxygens (including phenoxy) is 1. The van der Waals surface area contributed by atoms with Crippen LogP contribution >= 0.6 is 0 Å². The van der Waals surface area contributed by atoms with Crippen molar-refractivity contribution in [2.45, 2.75) is 31.8 Å². The van der Waals surface area contributed by atoms with Crippen LogP contribution in [0.3, 0.4) is 0 Å². The molecule has 0 unspecified atom stereocenters. The minimum absolute atomic E-state index is 0.0430. The molecule has 0 radical (unpaired) electrons. The lowest BCUT2D eigenvalue weighted by Crippen LogP contribution is -2.45. The van der Waals surface area contributed by atoms with Crippen molar-refractivity contribution in [2.75, 3.05) is 13.1 Å². The molecule has 1 aromatic carbocycles. The summed E-state index contributed by atoms with van der Waals surface area (Å²) in [6.45, 7) is 3.13. The number of nitrogens with zero attached hydrogens (tertiary/aromatic N) is 2. The van der Waals surface area contributed by atoms with E-state index in [1.165, 1.54) is 24.3 Å². The molecule has 2 atom stereocenters. The molecule has 5 nitrogen and oxygen atoms in total. The topological polar surface area (TPSA) is 58.2 Å². The summed E-state index contributed by atoms with van der Waals surface area (Å²) in [6, 6.07) is 7.66. The Bertz CT molecular complexity index is 642. The van der Waals surface area contributed by atoms with Crippen LogP contribution < -0.4 is 4.74 Å². The molecule has 2 aromatic rings. The molecule has 3 rings (SSSR count). The summed E-state index contributed by atoms with van der Waals surface area (Å²) in [5, 5.41) is 6.97. The van der Waals surface area contributed by atoms with Crippen LogP contribution in [0.5, 0.6) is 5.75 Å². The molecule has 1 aromatic heterocycles. The summed E-state index contributed by atoms with van der Waals surface area (Å²) in [5.41, 5.74) is 1.06. The van der Waals surface area contributed by atoms with E-state index in [-0.39, 0.29) is 17.6 Å². The fourth-order valence-corrected chi connectivity index (χ4v) is 2.95. The summed E-state index contributed by atoms with van der Waals surface area (Å²) >= 11 is 0. The first-order valence-corrected chi connectivity index (χ1v) is 7.84. The first-order chi connectivity index (χ1) is 11.1. The number of nitrogens with one attached hydrogen (secondary N) is 1. The molecule has 2 heterocycles. The molecule has 23 heavy (non-hydrogen) atoms. The van der Waals surface area contributed by atoms with Gasteiger partial charge in [-0.25, -0.2) is 4.39 Å². The van der Waals surface area contributed by atoms with Gasteiger partial charge in [-0.1, -0.05) is 0 Å². The average molecular weight is 317 g/mol. The second-order valence-electron chi connectivity index (χ2n) is 5.85. The Kier molecular flexibility index (Phi) is 4.60. The van der Waals surface area contributed by atoms with E-state index >= 15 is 0 Å². The highest BCUT2D eigenvalue weighted by Gasteiger charge is 2.29. The lowest BCUT2D eigenvalue weighted by Gasteiger charge is -2.33. The van der Waals surface area contributed by atoms with Crippen LogP contribution in [0.2, 0.25) is 0 Å². The summed E-state index contributed by atoms with van der Waals surface area (Å²) in [7, 11) is 0. The summed E-state index contributed by atoms with van der Waals surface area (Å²) < 4.78 is 18.5. The number of H-pyrrole nitrogens is 1. The van der Waals surface area contributed by atoms with E-state index in [4.69, 9.17) is 4.74 Å². The maximum absolute atomic E-state index is 12.9. The average Bonchev–Trinajstić information content (AvgIpc) is 3.11. The SMILES string of the molecule is C[C@@H](Oc1ccc(F)cc1)C(=O)N1CCC[C@H](c2ccn[nH]2)C1. The van der Waals surface area contributed by atoms with Crippen molar-refractivity contribution in [2.24, 2.45) is 0 Å². The summed E-state index contributed by atoms with van der Waals surface area (Å²) in [4.78, 5) is 14.4. The molecule has 0 aliphatic carbocycles. The van der Waals surface area contributed by atoms with E-state index < -0.39 is 6.10 Å².